The van der Waals surface area contributed by atoms with E-state index in [1.165, 1.54) is 0 Å². The Labute approximate surface area is 176 Å². The number of ether oxygens (including phenoxy) is 1. The van der Waals surface area contributed by atoms with E-state index in [0.29, 0.717) is 37.8 Å². The zero-order chi connectivity index (χ0) is 20.8. The summed E-state index contributed by atoms with van der Waals surface area (Å²) in [6.07, 6.45) is 0. The molecule has 0 aliphatic carbocycles. The van der Waals surface area contributed by atoms with Gasteiger partial charge >= 0.3 is 5.97 Å². The molecular weight excluding hydrogens is 390 g/mol. The fourth-order valence-electron chi connectivity index (χ4n) is 3.81. The molecule has 2 atom stereocenters. The number of rotatable bonds is 7. The van der Waals surface area contributed by atoms with Gasteiger partial charge in [-0.3, -0.25) is 14.6 Å². The maximum atomic E-state index is 12.7. The molecule has 0 unspecified atom stereocenters. The highest BCUT2D eigenvalue weighted by Crippen LogP contribution is 2.28. The number of halogens is 1. The first-order valence-electron chi connectivity index (χ1n) is 9.75. The second-order valence-corrected chi connectivity index (χ2v) is 7.43. The van der Waals surface area contributed by atoms with Gasteiger partial charge in [-0.1, -0.05) is 54.1 Å². The maximum absolute atomic E-state index is 12.7. The van der Waals surface area contributed by atoms with Crippen molar-refractivity contribution in [2.24, 2.45) is 5.73 Å². The quantitative estimate of drug-likeness (QED) is 0.704. The first-order chi connectivity index (χ1) is 14.0. The third-order valence-electron chi connectivity index (χ3n) is 5.16. The number of carbonyl (C=O) groups excluding carboxylic acids is 2. The number of carbonyl (C=O) groups is 2. The van der Waals surface area contributed by atoms with Crippen molar-refractivity contribution in [3.05, 3.63) is 70.7 Å². The predicted octanol–water partition coefficient (Wildman–Crippen LogP) is 2.79. The van der Waals surface area contributed by atoms with Gasteiger partial charge in [0.25, 0.3) is 0 Å². The van der Waals surface area contributed by atoms with Gasteiger partial charge in [0.1, 0.15) is 12.1 Å². The Morgan fingerprint density at radius 2 is 1.45 bits per heavy atom. The molecule has 6 nitrogen and oxygen atoms in total. The second kappa shape index (κ2) is 9.87. The van der Waals surface area contributed by atoms with Crippen molar-refractivity contribution < 1.29 is 14.3 Å². The number of nitrogens with zero attached hydrogens (tertiary/aromatic N) is 2. The summed E-state index contributed by atoms with van der Waals surface area (Å²) in [4.78, 5) is 29.0. The molecule has 1 aliphatic rings. The molecule has 2 N–H and O–H groups in total. The lowest BCUT2D eigenvalue weighted by Gasteiger charge is -2.40. The third kappa shape index (κ3) is 5.15. The van der Waals surface area contributed by atoms with E-state index in [4.69, 9.17) is 22.1 Å². The first kappa shape index (κ1) is 21.3. The van der Waals surface area contributed by atoms with Gasteiger partial charge < -0.3 is 10.5 Å². The highest BCUT2D eigenvalue weighted by Gasteiger charge is 2.35. The van der Waals surface area contributed by atoms with Gasteiger partial charge in [0.15, 0.2) is 0 Å². The summed E-state index contributed by atoms with van der Waals surface area (Å²) in [6, 6.07) is 15.8. The number of nitrogens with two attached hydrogens (primary N) is 1. The Balaban J connectivity index is 1.76. The molecule has 3 rings (SSSR count). The molecule has 0 radical (unpaired) electrons. The maximum Gasteiger partial charge on any atom is 0.328 e. The smallest absolute Gasteiger partial charge is 0.328 e. The van der Waals surface area contributed by atoms with Gasteiger partial charge in [-0.2, -0.15) is 0 Å². The molecule has 1 saturated heterocycles. The van der Waals surface area contributed by atoms with Crippen molar-refractivity contribution in [1.29, 1.82) is 0 Å². The van der Waals surface area contributed by atoms with Gasteiger partial charge in [-0.25, -0.2) is 4.79 Å². The normalized spacial score (nSPS) is 17.4. The highest BCUT2D eigenvalue weighted by molar-refractivity contribution is 6.30. The van der Waals surface area contributed by atoms with Crippen LogP contribution in [0.1, 0.15) is 30.1 Å². The first-order valence-corrected chi connectivity index (χ1v) is 10.1. The Kier molecular flexibility index (Phi) is 7.25. The SMILES string of the molecule is CCOC(=O)[C@@H](c1ccc(Cl)cc1)N1CCN([C@@H](C(N)=O)c2ccccc2)CC1. The summed E-state index contributed by atoms with van der Waals surface area (Å²) in [5, 5.41) is 0.619. The van der Waals surface area contributed by atoms with Crippen LogP contribution in [-0.4, -0.2) is 54.5 Å². The minimum absolute atomic E-state index is 0.280. The fraction of sp³-hybridized carbons (Fsp3) is 0.364. The number of benzene rings is 2. The Morgan fingerprint density at radius 1 is 0.931 bits per heavy atom. The number of hydrogen-bond acceptors (Lipinski definition) is 5. The van der Waals surface area contributed by atoms with Crippen LogP contribution in [0.5, 0.6) is 0 Å². The monoisotopic (exact) mass is 415 g/mol. The van der Waals surface area contributed by atoms with Gasteiger partial charge in [-0.05, 0) is 30.2 Å². The van der Waals surface area contributed by atoms with E-state index in [9.17, 15) is 9.59 Å². The lowest BCUT2D eigenvalue weighted by molar-refractivity contribution is -0.151. The topological polar surface area (TPSA) is 75.9 Å². The molecule has 29 heavy (non-hydrogen) atoms. The fourth-order valence-corrected chi connectivity index (χ4v) is 3.93. The van der Waals surface area contributed by atoms with Crippen LogP contribution in [0.4, 0.5) is 0 Å². The molecule has 0 aromatic heterocycles. The lowest BCUT2D eigenvalue weighted by atomic mass is 10.0. The molecule has 1 heterocycles. The van der Waals surface area contributed by atoms with E-state index < -0.39 is 12.1 Å². The number of primary amides is 1. The summed E-state index contributed by atoms with van der Waals surface area (Å²) < 4.78 is 5.32. The average molecular weight is 416 g/mol. The van der Waals surface area contributed by atoms with Gasteiger partial charge in [0, 0.05) is 31.2 Å². The number of piperazine rings is 1. The minimum atomic E-state index is -0.502. The largest absolute Gasteiger partial charge is 0.465 e. The second-order valence-electron chi connectivity index (χ2n) is 6.99. The van der Waals surface area contributed by atoms with Gasteiger partial charge in [-0.15, -0.1) is 0 Å². The average Bonchev–Trinajstić information content (AvgIpc) is 2.72. The van der Waals surface area contributed by atoms with E-state index in [-0.39, 0.29) is 11.9 Å². The molecule has 0 spiro atoms. The summed E-state index contributed by atoms with van der Waals surface area (Å²) in [5.41, 5.74) is 7.43. The zero-order valence-corrected chi connectivity index (χ0v) is 17.2. The Morgan fingerprint density at radius 3 is 1.97 bits per heavy atom. The standard InChI is InChI=1S/C22H26ClN3O3/c1-2-29-22(28)20(17-8-10-18(23)11-9-17)26-14-12-25(13-15-26)19(21(24)27)16-6-4-3-5-7-16/h3-11,19-20H,2,12-15H2,1H3,(H2,24,27)/t19-,20-/m1/s1. The molecule has 0 saturated carbocycles. The van der Waals surface area contributed by atoms with E-state index in [2.05, 4.69) is 9.80 Å². The molecule has 7 heteroatoms. The summed E-state index contributed by atoms with van der Waals surface area (Å²) >= 11 is 6.00. The van der Waals surface area contributed by atoms with Crippen LogP contribution in [0.2, 0.25) is 5.02 Å². The van der Waals surface area contributed by atoms with Crippen LogP contribution in [0.3, 0.4) is 0 Å². The zero-order valence-electron chi connectivity index (χ0n) is 16.5. The van der Waals surface area contributed by atoms with Crippen molar-refractivity contribution in [2.75, 3.05) is 32.8 Å². The number of esters is 1. The van der Waals surface area contributed by atoms with Crippen LogP contribution in [0, 0.1) is 0 Å². The molecule has 2 aromatic carbocycles. The van der Waals surface area contributed by atoms with Crippen molar-refractivity contribution in [3.63, 3.8) is 0 Å². The number of amides is 1. The van der Waals surface area contributed by atoms with Crippen LogP contribution in [0.15, 0.2) is 54.6 Å². The van der Waals surface area contributed by atoms with E-state index in [1.807, 2.05) is 42.5 Å². The van der Waals surface area contributed by atoms with Gasteiger partial charge in [0.05, 0.1) is 6.61 Å². The molecule has 1 fully saturated rings. The predicted molar refractivity (Wildman–Crippen MR) is 112 cm³/mol. The molecule has 1 amide bonds. The summed E-state index contributed by atoms with van der Waals surface area (Å²) in [5.74, 6) is -0.651. The third-order valence-corrected chi connectivity index (χ3v) is 5.41. The van der Waals surface area contributed by atoms with Crippen molar-refractivity contribution >= 4 is 23.5 Å². The van der Waals surface area contributed by atoms with E-state index >= 15 is 0 Å². The number of hydrogen-bond donors (Lipinski definition) is 1. The molecular formula is C22H26ClN3O3. The van der Waals surface area contributed by atoms with Crippen molar-refractivity contribution in [2.45, 2.75) is 19.0 Å². The van der Waals surface area contributed by atoms with Crippen LogP contribution < -0.4 is 5.73 Å². The van der Waals surface area contributed by atoms with E-state index in [1.54, 1.807) is 19.1 Å². The molecule has 0 bridgehead atoms. The van der Waals surface area contributed by atoms with Gasteiger partial charge in [0.2, 0.25) is 5.91 Å². The van der Waals surface area contributed by atoms with Crippen molar-refractivity contribution in [1.82, 2.24) is 9.80 Å². The lowest BCUT2D eigenvalue weighted by Crippen LogP contribution is -2.52. The summed E-state index contributed by atoms with van der Waals surface area (Å²) in [7, 11) is 0. The van der Waals surface area contributed by atoms with Crippen LogP contribution in [-0.2, 0) is 14.3 Å². The highest BCUT2D eigenvalue weighted by atomic mass is 35.5. The molecule has 1 aliphatic heterocycles. The summed E-state index contributed by atoms with van der Waals surface area (Å²) in [6.45, 7) is 4.58. The minimum Gasteiger partial charge on any atom is -0.465 e. The van der Waals surface area contributed by atoms with Crippen molar-refractivity contribution in [3.8, 4) is 0 Å². The molecule has 154 valence electrons. The Hall–Kier alpha value is -2.41. The van der Waals surface area contributed by atoms with Crippen LogP contribution >= 0.6 is 11.6 Å². The van der Waals surface area contributed by atoms with Crippen LogP contribution in [0.25, 0.3) is 0 Å². The van der Waals surface area contributed by atoms with E-state index in [0.717, 1.165) is 11.1 Å². The Bertz CT molecular complexity index is 821. The molecule has 2 aromatic rings.